The molecule has 2 aromatic rings. The van der Waals surface area contributed by atoms with Crippen LogP contribution < -0.4 is 14.4 Å². The maximum absolute atomic E-state index is 14.8. The van der Waals surface area contributed by atoms with Crippen LogP contribution in [0.1, 0.15) is 73.8 Å². The quantitative estimate of drug-likeness (QED) is 0.265. The summed E-state index contributed by atoms with van der Waals surface area (Å²) in [7, 11) is 1.18. The molecule has 3 atom stereocenters. The van der Waals surface area contributed by atoms with Gasteiger partial charge in [0.1, 0.15) is 5.82 Å². The predicted octanol–water partition coefficient (Wildman–Crippen LogP) is 5.94. The number of fused-ring (bicyclic) bond motifs is 2. The Bertz CT molecular complexity index is 1360. The number of alkyl halides is 3. The Morgan fingerprint density at radius 3 is 2.43 bits per heavy atom. The molecule has 0 unspecified atom stereocenters. The molecule has 3 aliphatic rings. The molecule has 5 rings (SSSR count). The van der Waals surface area contributed by atoms with Crippen LogP contribution in [0, 0.1) is 11.7 Å². The molecular weight excluding hydrogens is 560 g/mol. The third kappa shape index (κ3) is 6.03. The van der Waals surface area contributed by atoms with Crippen molar-refractivity contribution in [2.75, 3.05) is 18.6 Å². The number of rotatable bonds is 9. The molecule has 0 N–H and O–H groups in total. The Morgan fingerprint density at radius 2 is 1.76 bits per heavy atom. The van der Waals surface area contributed by atoms with Gasteiger partial charge in [-0.1, -0.05) is 6.42 Å². The lowest BCUT2D eigenvalue weighted by atomic mass is 9.81. The van der Waals surface area contributed by atoms with Gasteiger partial charge in [-0.3, -0.25) is 14.4 Å². The number of esters is 1. The molecule has 2 aliphatic carbocycles. The number of hydrogen-bond donors (Lipinski definition) is 0. The summed E-state index contributed by atoms with van der Waals surface area (Å²) in [5.74, 6) is -2.74. The van der Waals surface area contributed by atoms with Crippen LogP contribution in [-0.2, 0) is 14.3 Å². The SMILES string of the molecule is CCOC(=O)CCC(=O)N(C1CC1)[C@H]1c2cc(F)ccc2N(C(=O)c2ccc(OC(F)(F)F)c(OC)c2)[C@H]2CCC[C@H]21. The first-order chi connectivity index (χ1) is 20.0. The molecule has 8 nitrogen and oxygen atoms in total. The van der Waals surface area contributed by atoms with Gasteiger partial charge in [0.05, 0.1) is 26.2 Å². The Hall–Kier alpha value is -3.83. The third-order valence-electron chi connectivity index (χ3n) is 8.07. The Kier molecular flexibility index (Phi) is 8.34. The number of carbonyl (C=O) groups is 3. The van der Waals surface area contributed by atoms with Gasteiger partial charge < -0.3 is 24.0 Å². The number of methoxy groups -OCH3 is 1. The minimum Gasteiger partial charge on any atom is -0.493 e. The Morgan fingerprint density at radius 1 is 1.00 bits per heavy atom. The average Bonchev–Trinajstić information content (AvgIpc) is 3.66. The van der Waals surface area contributed by atoms with Crippen molar-refractivity contribution in [1.82, 2.24) is 4.90 Å². The second-order valence-corrected chi connectivity index (χ2v) is 10.7. The van der Waals surface area contributed by atoms with Gasteiger partial charge in [-0.15, -0.1) is 13.2 Å². The smallest absolute Gasteiger partial charge is 0.493 e. The summed E-state index contributed by atoms with van der Waals surface area (Å²) in [6, 6.07) is 6.69. The molecule has 0 saturated heterocycles. The number of ether oxygens (including phenoxy) is 3. The fourth-order valence-electron chi connectivity index (χ4n) is 6.32. The van der Waals surface area contributed by atoms with E-state index < -0.39 is 35.8 Å². The molecule has 226 valence electrons. The fraction of sp³-hybridized carbons (Fsp3) is 0.500. The Balaban J connectivity index is 1.52. The molecule has 0 bridgehead atoms. The molecule has 42 heavy (non-hydrogen) atoms. The molecule has 0 aromatic heterocycles. The van der Waals surface area contributed by atoms with Crippen molar-refractivity contribution in [1.29, 1.82) is 0 Å². The highest BCUT2D eigenvalue weighted by molar-refractivity contribution is 6.08. The minimum absolute atomic E-state index is 0.0390. The minimum atomic E-state index is -4.94. The number of anilines is 1. The zero-order valence-corrected chi connectivity index (χ0v) is 23.3. The van der Waals surface area contributed by atoms with E-state index in [4.69, 9.17) is 9.47 Å². The van der Waals surface area contributed by atoms with E-state index in [0.29, 0.717) is 24.1 Å². The van der Waals surface area contributed by atoms with E-state index in [1.54, 1.807) is 16.7 Å². The second-order valence-electron chi connectivity index (χ2n) is 10.7. The zero-order chi connectivity index (χ0) is 30.2. The average molecular weight is 593 g/mol. The molecule has 2 amide bonds. The van der Waals surface area contributed by atoms with E-state index in [-0.39, 0.29) is 54.7 Å². The van der Waals surface area contributed by atoms with Gasteiger partial charge >= 0.3 is 12.3 Å². The van der Waals surface area contributed by atoms with E-state index >= 15 is 0 Å². The summed E-state index contributed by atoms with van der Waals surface area (Å²) in [6.45, 7) is 1.91. The van der Waals surface area contributed by atoms with Crippen LogP contribution in [0.2, 0.25) is 0 Å². The summed E-state index contributed by atoms with van der Waals surface area (Å²) < 4.78 is 67.4. The summed E-state index contributed by atoms with van der Waals surface area (Å²) in [4.78, 5) is 43.0. The number of hydrogen-bond acceptors (Lipinski definition) is 6. The summed E-state index contributed by atoms with van der Waals surface area (Å²) in [5.41, 5.74) is 1.00. The van der Waals surface area contributed by atoms with E-state index in [2.05, 4.69) is 4.74 Å². The fourth-order valence-corrected chi connectivity index (χ4v) is 6.32. The molecular formula is C30H32F4N2O6. The summed E-state index contributed by atoms with van der Waals surface area (Å²) in [5, 5.41) is 0. The summed E-state index contributed by atoms with van der Waals surface area (Å²) in [6.07, 6.45) is -1.38. The number of carbonyl (C=O) groups excluding carboxylic acids is 3. The maximum Gasteiger partial charge on any atom is 0.573 e. The second kappa shape index (κ2) is 11.8. The summed E-state index contributed by atoms with van der Waals surface area (Å²) >= 11 is 0. The van der Waals surface area contributed by atoms with E-state index in [9.17, 15) is 31.9 Å². The van der Waals surface area contributed by atoms with Crippen molar-refractivity contribution >= 4 is 23.5 Å². The van der Waals surface area contributed by atoms with Gasteiger partial charge in [0.2, 0.25) is 5.91 Å². The van der Waals surface area contributed by atoms with Crippen molar-refractivity contribution in [2.45, 2.75) is 76.4 Å². The van der Waals surface area contributed by atoms with Crippen LogP contribution in [0.15, 0.2) is 36.4 Å². The van der Waals surface area contributed by atoms with E-state index in [1.165, 1.54) is 37.4 Å². The Labute approximate surface area is 240 Å². The lowest BCUT2D eigenvalue weighted by Gasteiger charge is -2.48. The van der Waals surface area contributed by atoms with Gasteiger partial charge in [0, 0.05) is 41.2 Å². The first-order valence-corrected chi connectivity index (χ1v) is 14.1. The number of halogens is 4. The maximum atomic E-state index is 14.8. The normalized spacial score (nSPS) is 21.3. The van der Waals surface area contributed by atoms with Crippen molar-refractivity contribution < 1.29 is 46.2 Å². The standard InChI is InChI=1S/C30H32F4N2O6/c1-3-41-27(38)14-13-26(37)35(19-9-10-19)28-20-5-4-6-22(20)36(23-11-8-18(31)16-21(23)28)29(39)17-7-12-24(25(15-17)40-2)42-30(32,33)34/h7-8,11-12,15-16,19-20,22,28H,3-6,9-10,13-14H2,1-2H3/t20-,22+,28-/m1/s1. The van der Waals surface area contributed by atoms with Crippen molar-refractivity contribution in [2.24, 2.45) is 5.92 Å². The number of nitrogens with zero attached hydrogens (tertiary/aromatic N) is 2. The highest BCUT2D eigenvalue weighted by atomic mass is 19.4. The first-order valence-electron chi connectivity index (χ1n) is 14.1. The molecule has 2 saturated carbocycles. The number of benzene rings is 2. The van der Waals surface area contributed by atoms with Crippen LogP contribution in [0.5, 0.6) is 11.5 Å². The zero-order valence-electron chi connectivity index (χ0n) is 23.3. The molecule has 2 aromatic carbocycles. The topological polar surface area (TPSA) is 85.4 Å². The third-order valence-corrected chi connectivity index (χ3v) is 8.07. The van der Waals surface area contributed by atoms with Crippen LogP contribution in [-0.4, -0.2) is 54.8 Å². The number of amides is 2. The van der Waals surface area contributed by atoms with Crippen LogP contribution >= 0.6 is 0 Å². The first kappa shape index (κ1) is 29.7. The molecule has 1 heterocycles. The molecule has 12 heteroatoms. The largest absolute Gasteiger partial charge is 0.573 e. The van der Waals surface area contributed by atoms with Gasteiger partial charge in [-0.05, 0) is 69.0 Å². The molecule has 0 radical (unpaired) electrons. The highest BCUT2D eigenvalue weighted by Crippen LogP contribution is 2.53. The van der Waals surface area contributed by atoms with Crippen LogP contribution in [0.3, 0.4) is 0 Å². The van der Waals surface area contributed by atoms with E-state index in [0.717, 1.165) is 25.3 Å². The molecule has 1 aliphatic heterocycles. The van der Waals surface area contributed by atoms with Crippen molar-refractivity contribution in [3.8, 4) is 11.5 Å². The lowest BCUT2D eigenvalue weighted by Crippen LogP contribution is -2.53. The molecule has 0 spiro atoms. The van der Waals surface area contributed by atoms with Crippen LogP contribution in [0.25, 0.3) is 0 Å². The monoisotopic (exact) mass is 592 g/mol. The highest BCUT2D eigenvalue weighted by Gasteiger charge is 2.51. The molecule has 2 fully saturated rings. The van der Waals surface area contributed by atoms with Gasteiger partial charge in [-0.2, -0.15) is 0 Å². The van der Waals surface area contributed by atoms with Gasteiger partial charge in [-0.25, -0.2) is 4.39 Å². The van der Waals surface area contributed by atoms with Gasteiger partial charge in [0.25, 0.3) is 5.91 Å². The van der Waals surface area contributed by atoms with Crippen LogP contribution in [0.4, 0.5) is 23.2 Å². The van der Waals surface area contributed by atoms with E-state index in [1.807, 2.05) is 0 Å². The predicted molar refractivity (Wildman–Crippen MR) is 142 cm³/mol. The van der Waals surface area contributed by atoms with Gasteiger partial charge in [0.15, 0.2) is 11.5 Å². The van der Waals surface area contributed by atoms with Crippen molar-refractivity contribution in [3.05, 3.63) is 53.3 Å². The van der Waals surface area contributed by atoms with Crippen molar-refractivity contribution in [3.63, 3.8) is 0 Å². The lowest BCUT2D eigenvalue weighted by molar-refractivity contribution is -0.275.